The lowest BCUT2D eigenvalue weighted by Gasteiger charge is -2.04. The fourth-order valence-electron chi connectivity index (χ4n) is 1.96. The molecule has 0 aliphatic heterocycles. The Hall–Kier alpha value is -2.05. The number of anilines is 1. The number of benzene rings is 1. The molecule has 22 heavy (non-hydrogen) atoms. The molecule has 0 fully saturated rings. The number of aromatic nitrogens is 2. The van der Waals surface area contributed by atoms with Crippen molar-refractivity contribution in [3.05, 3.63) is 65.0 Å². The lowest BCUT2D eigenvalue weighted by atomic mass is 10.1. The molecule has 110 valence electrons. The molecule has 0 saturated carbocycles. The fraction of sp³-hybridized carbons (Fsp3) is 0.0625. The van der Waals surface area contributed by atoms with Crippen molar-refractivity contribution in [1.82, 2.24) is 9.97 Å². The molecule has 0 aliphatic carbocycles. The maximum atomic E-state index is 12.1. The molecule has 0 bridgehead atoms. The number of pyridine rings is 1. The van der Waals surface area contributed by atoms with Gasteiger partial charge in [0.2, 0.25) is 5.91 Å². The summed E-state index contributed by atoms with van der Waals surface area (Å²) in [4.78, 5) is 20.4. The van der Waals surface area contributed by atoms with Crippen LogP contribution in [0.1, 0.15) is 5.56 Å². The Kier molecular flexibility index (Phi) is 4.60. The fourth-order valence-corrected chi connectivity index (χ4v) is 3.22. The summed E-state index contributed by atoms with van der Waals surface area (Å²) >= 11 is 4.90. The molecule has 0 atom stereocenters. The van der Waals surface area contributed by atoms with E-state index in [1.54, 1.807) is 18.6 Å². The molecule has 3 aromatic rings. The second kappa shape index (κ2) is 6.81. The number of hydrogen-bond acceptors (Lipinski definition) is 4. The average Bonchev–Trinajstić information content (AvgIpc) is 2.99. The van der Waals surface area contributed by atoms with Gasteiger partial charge in [-0.25, -0.2) is 4.98 Å². The Balaban J connectivity index is 1.68. The minimum atomic E-state index is -0.0585. The monoisotopic (exact) mass is 373 g/mol. The number of thiazole rings is 1. The van der Waals surface area contributed by atoms with Crippen molar-refractivity contribution < 1.29 is 4.79 Å². The van der Waals surface area contributed by atoms with Crippen molar-refractivity contribution in [2.75, 3.05) is 5.32 Å². The third kappa shape index (κ3) is 3.58. The highest BCUT2D eigenvalue weighted by molar-refractivity contribution is 9.10. The quantitative estimate of drug-likeness (QED) is 0.747. The van der Waals surface area contributed by atoms with Gasteiger partial charge in [0.05, 0.1) is 12.6 Å². The molecule has 1 aromatic carbocycles. The van der Waals surface area contributed by atoms with Crippen LogP contribution in [0.4, 0.5) is 5.00 Å². The summed E-state index contributed by atoms with van der Waals surface area (Å²) < 4.78 is 0.937. The maximum Gasteiger partial charge on any atom is 0.229 e. The van der Waals surface area contributed by atoms with Gasteiger partial charge >= 0.3 is 0 Å². The highest BCUT2D eigenvalue weighted by atomic mass is 79.9. The molecule has 1 N–H and O–H groups in total. The van der Waals surface area contributed by atoms with Crippen molar-refractivity contribution in [1.29, 1.82) is 0 Å². The molecular weight excluding hydrogens is 362 g/mol. The number of carbonyl (C=O) groups is 1. The smallest absolute Gasteiger partial charge is 0.229 e. The van der Waals surface area contributed by atoms with E-state index in [2.05, 4.69) is 31.2 Å². The third-order valence-electron chi connectivity index (χ3n) is 3.00. The van der Waals surface area contributed by atoms with Crippen LogP contribution in [0.25, 0.3) is 10.6 Å². The predicted octanol–water partition coefficient (Wildman–Crippen LogP) is 4.15. The first-order valence-corrected chi connectivity index (χ1v) is 8.23. The predicted molar refractivity (Wildman–Crippen MR) is 91.8 cm³/mol. The summed E-state index contributed by atoms with van der Waals surface area (Å²) in [7, 11) is 0. The van der Waals surface area contributed by atoms with Crippen LogP contribution < -0.4 is 5.32 Å². The van der Waals surface area contributed by atoms with Crippen molar-refractivity contribution in [2.24, 2.45) is 0 Å². The molecule has 0 radical (unpaired) electrons. The van der Waals surface area contributed by atoms with E-state index in [9.17, 15) is 4.79 Å². The van der Waals surface area contributed by atoms with Crippen molar-refractivity contribution in [2.45, 2.75) is 6.42 Å². The topological polar surface area (TPSA) is 54.9 Å². The molecule has 0 aliphatic rings. The van der Waals surface area contributed by atoms with Gasteiger partial charge in [-0.05, 0) is 23.8 Å². The van der Waals surface area contributed by atoms with Crippen molar-refractivity contribution in [3.8, 4) is 10.6 Å². The number of halogens is 1. The van der Waals surface area contributed by atoms with E-state index < -0.39 is 0 Å². The maximum absolute atomic E-state index is 12.1. The summed E-state index contributed by atoms with van der Waals surface area (Å²) in [5, 5.41) is 4.49. The zero-order valence-corrected chi connectivity index (χ0v) is 13.9. The number of nitrogens with one attached hydrogen (secondary N) is 1. The molecule has 3 rings (SSSR count). The van der Waals surface area contributed by atoms with Gasteiger partial charge in [-0.3, -0.25) is 9.78 Å². The van der Waals surface area contributed by atoms with E-state index >= 15 is 0 Å². The van der Waals surface area contributed by atoms with Crippen molar-refractivity contribution >= 4 is 38.2 Å². The first-order valence-electron chi connectivity index (χ1n) is 6.62. The molecule has 2 heterocycles. The van der Waals surface area contributed by atoms with E-state index in [0.717, 1.165) is 25.6 Å². The van der Waals surface area contributed by atoms with Crippen LogP contribution >= 0.6 is 27.3 Å². The molecule has 2 aromatic heterocycles. The van der Waals surface area contributed by atoms with Gasteiger partial charge in [-0.1, -0.05) is 45.5 Å². The van der Waals surface area contributed by atoms with Gasteiger partial charge in [0.15, 0.2) is 0 Å². The first-order chi connectivity index (χ1) is 10.7. The Morgan fingerprint density at radius 2 is 1.95 bits per heavy atom. The third-order valence-corrected chi connectivity index (χ3v) is 4.74. The van der Waals surface area contributed by atoms with E-state index in [-0.39, 0.29) is 5.91 Å². The highest BCUT2D eigenvalue weighted by Crippen LogP contribution is 2.28. The normalized spacial score (nSPS) is 10.4. The Morgan fingerprint density at radius 1 is 1.18 bits per heavy atom. The minimum Gasteiger partial charge on any atom is -0.316 e. The zero-order valence-electron chi connectivity index (χ0n) is 11.5. The summed E-state index contributed by atoms with van der Waals surface area (Å²) in [5.74, 6) is -0.0585. The largest absolute Gasteiger partial charge is 0.316 e. The number of nitrogens with zero attached hydrogens (tertiary/aromatic N) is 2. The molecule has 6 heteroatoms. The van der Waals surface area contributed by atoms with E-state index in [0.29, 0.717) is 6.42 Å². The van der Waals surface area contributed by atoms with Gasteiger partial charge in [0, 0.05) is 22.4 Å². The Bertz CT molecular complexity index is 789. The van der Waals surface area contributed by atoms with Crippen LogP contribution in [0.5, 0.6) is 0 Å². The standard InChI is InChI=1S/C16H12BrN3OS/c17-13-4-2-1-3-12(13)9-14(21)20-15-10-19-16(22-15)11-5-7-18-8-6-11/h1-8,10H,9H2,(H,20,21). The number of hydrogen-bond donors (Lipinski definition) is 1. The van der Waals surface area contributed by atoms with Crippen LogP contribution in [0.2, 0.25) is 0 Å². The second-order valence-electron chi connectivity index (χ2n) is 4.58. The summed E-state index contributed by atoms with van der Waals surface area (Å²) in [6, 6.07) is 11.5. The minimum absolute atomic E-state index is 0.0585. The van der Waals surface area contributed by atoms with Gasteiger partial charge in [0.1, 0.15) is 10.0 Å². The second-order valence-corrected chi connectivity index (χ2v) is 6.47. The number of rotatable bonds is 4. The SMILES string of the molecule is O=C(Cc1ccccc1Br)Nc1cnc(-c2ccncc2)s1. The van der Waals surface area contributed by atoms with Crippen LogP contribution in [0, 0.1) is 0 Å². The summed E-state index contributed by atoms with van der Waals surface area (Å²) in [6.45, 7) is 0. The molecular formula is C16H12BrN3OS. The summed E-state index contributed by atoms with van der Waals surface area (Å²) in [6.07, 6.45) is 5.45. The van der Waals surface area contributed by atoms with Crippen LogP contribution in [0.3, 0.4) is 0 Å². The van der Waals surface area contributed by atoms with E-state index in [1.165, 1.54) is 11.3 Å². The van der Waals surface area contributed by atoms with E-state index in [4.69, 9.17) is 0 Å². The van der Waals surface area contributed by atoms with Gasteiger partial charge in [0.25, 0.3) is 0 Å². The van der Waals surface area contributed by atoms with Crippen LogP contribution in [0.15, 0.2) is 59.5 Å². The first kappa shape index (κ1) is 14.9. The Labute approximate surface area is 140 Å². The molecule has 0 saturated heterocycles. The molecule has 1 amide bonds. The van der Waals surface area contributed by atoms with Crippen LogP contribution in [-0.4, -0.2) is 15.9 Å². The summed E-state index contributed by atoms with van der Waals surface area (Å²) in [5.41, 5.74) is 1.95. The lowest BCUT2D eigenvalue weighted by Crippen LogP contribution is -2.13. The highest BCUT2D eigenvalue weighted by Gasteiger charge is 2.10. The number of amides is 1. The van der Waals surface area contributed by atoms with Gasteiger partial charge in [-0.2, -0.15) is 0 Å². The van der Waals surface area contributed by atoms with Crippen LogP contribution in [-0.2, 0) is 11.2 Å². The zero-order chi connectivity index (χ0) is 15.4. The van der Waals surface area contributed by atoms with Gasteiger partial charge < -0.3 is 5.32 Å². The van der Waals surface area contributed by atoms with Crippen molar-refractivity contribution in [3.63, 3.8) is 0 Å². The average molecular weight is 374 g/mol. The van der Waals surface area contributed by atoms with E-state index in [1.807, 2.05) is 36.4 Å². The molecule has 0 spiro atoms. The Morgan fingerprint density at radius 3 is 2.73 bits per heavy atom. The number of carbonyl (C=O) groups excluding carboxylic acids is 1. The molecule has 0 unspecified atom stereocenters. The molecule has 4 nitrogen and oxygen atoms in total. The van der Waals surface area contributed by atoms with Gasteiger partial charge in [-0.15, -0.1) is 0 Å². The lowest BCUT2D eigenvalue weighted by molar-refractivity contribution is -0.115.